The molecular formula is C11H14BrF3N4. The molecule has 1 aliphatic heterocycles. The van der Waals surface area contributed by atoms with E-state index < -0.39 is 11.9 Å². The van der Waals surface area contributed by atoms with Crippen LogP contribution in [0.5, 0.6) is 0 Å². The maximum absolute atomic E-state index is 12.6. The average Bonchev–Trinajstić information content (AvgIpc) is 2.39. The molecular weight excluding hydrogens is 325 g/mol. The van der Waals surface area contributed by atoms with Crippen molar-refractivity contribution in [3.05, 3.63) is 18.0 Å². The van der Waals surface area contributed by atoms with Gasteiger partial charge in [-0.15, -0.1) is 0 Å². The normalized spacial score (nSPS) is 17.8. The number of anilines is 1. The Morgan fingerprint density at radius 1 is 1.21 bits per heavy atom. The molecule has 2 heterocycles. The van der Waals surface area contributed by atoms with Gasteiger partial charge in [-0.2, -0.15) is 13.2 Å². The van der Waals surface area contributed by atoms with Crippen LogP contribution >= 0.6 is 15.9 Å². The van der Waals surface area contributed by atoms with Gasteiger partial charge in [-0.25, -0.2) is 9.97 Å². The molecule has 0 atom stereocenters. The van der Waals surface area contributed by atoms with Gasteiger partial charge in [0.25, 0.3) is 0 Å². The van der Waals surface area contributed by atoms with Gasteiger partial charge in [0, 0.05) is 44.3 Å². The molecule has 106 valence electrons. The van der Waals surface area contributed by atoms with Gasteiger partial charge >= 0.3 is 6.18 Å². The maximum Gasteiger partial charge on any atom is 0.433 e. The first-order valence-corrected chi connectivity index (χ1v) is 7.06. The average molecular weight is 339 g/mol. The molecule has 0 spiro atoms. The van der Waals surface area contributed by atoms with Crippen LogP contribution in [0.25, 0.3) is 0 Å². The Morgan fingerprint density at radius 2 is 1.89 bits per heavy atom. The first kappa shape index (κ1) is 14.5. The third-order valence-electron chi connectivity index (χ3n) is 2.99. The summed E-state index contributed by atoms with van der Waals surface area (Å²) >= 11 is 3.37. The summed E-state index contributed by atoms with van der Waals surface area (Å²) < 4.78 is 37.7. The van der Waals surface area contributed by atoms with Crippen molar-refractivity contribution in [1.29, 1.82) is 0 Å². The fourth-order valence-electron chi connectivity index (χ4n) is 1.95. The molecule has 19 heavy (non-hydrogen) atoms. The van der Waals surface area contributed by atoms with Crippen molar-refractivity contribution in [3.63, 3.8) is 0 Å². The van der Waals surface area contributed by atoms with E-state index in [2.05, 4.69) is 30.8 Å². The summed E-state index contributed by atoms with van der Waals surface area (Å²) in [6, 6.07) is 0.893. The van der Waals surface area contributed by atoms with Gasteiger partial charge in [-0.1, -0.05) is 15.9 Å². The van der Waals surface area contributed by atoms with Gasteiger partial charge < -0.3 is 4.90 Å². The summed E-state index contributed by atoms with van der Waals surface area (Å²) in [5.74, 6) is 0.160. The maximum atomic E-state index is 12.6. The number of alkyl halides is 4. The van der Waals surface area contributed by atoms with Gasteiger partial charge in [0.15, 0.2) is 0 Å². The minimum atomic E-state index is -4.42. The fraction of sp³-hybridized carbons (Fsp3) is 0.636. The van der Waals surface area contributed by atoms with Crippen LogP contribution in [0.4, 0.5) is 19.1 Å². The van der Waals surface area contributed by atoms with E-state index in [0.717, 1.165) is 37.2 Å². The summed E-state index contributed by atoms with van der Waals surface area (Å²) in [6.45, 7) is 3.86. The third-order valence-corrected chi connectivity index (χ3v) is 3.34. The van der Waals surface area contributed by atoms with Crippen molar-refractivity contribution in [2.75, 3.05) is 43.0 Å². The van der Waals surface area contributed by atoms with Crippen LogP contribution in [0.2, 0.25) is 0 Å². The van der Waals surface area contributed by atoms with Crippen LogP contribution in [0.15, 0.2) is 12.3 Å². The number of nitrogens with zero attached hydrogens (tertiary/aromatic N) is 4. The lowest BCUT2D eigenvalue weighted by atomic mass is 10.3. The Kier molecular flexibility index (Phi) is 4.62. The van der Waals surface area contributed by atoms with Crippen LogP contribution in [0.1, 0.15) is 5.69 Å². The molecule has 0 bridgehead atoms. The van der Waals surface area contributed by atoms with Gasteiger partial charge in [0.2, 0.25) is 5.95 Å². The highest BCUT2D eigenvalue weighted by Crippen LogP contribution is 2.28. The van der Waals surface area contributed by atoms with Crippen LogP contribution in [0.3, 0.4) is 0 Å². The molecule has 0 saturated carbocycles. The molecule has 0 N–H and O–H groups in total. The summed E-state index contributed by atoms with van der Waals surface area (Å²) in [5, 5.41) is 0.896. The molecule has 1 aliphatic rings. The smallest absolute Gasteiger partial charge is 0.338 e. The van der Waals surface area contributed by atoms with Gasteiger partial charge in [0.1, 0.15) is 5.69 Å². The van der Waals surface area contributed by atoms with Crippen LogP contribution < -0.4 is 4.90 Å². The lowest BCUT2D eigenvalue weighted by Crippen LogP contribution is -2.47. The number of halogens is 4. The summed E-state index contributed by atoms with van der Waals surface area (Å²) in [4.78, 5) is 11.6. The van der Waals surface area contributed by atoms with E-state index >= 15 is 0 Å². The highest BCUT2D eigenvalue weighted by Gasteiger charge is 2.33. The second-order valence-electron chi connectivity index (χ2n) is 4.26. The lowest BCUT2D eigenvalue weighted by molar-refractivity contribution is -0.141. The molecule has 1 aromatic rings. The quantitative estimate of drug-likeness (QED) is 0.789. The monoisotopic (exact) mass is 338 g/mol. The van der Waals surface area contributed by atoms with Crippen molar-refractivity contribution in [3.8, 4) is 0 Å². The van der Waals surface area contributed by atoms with Crippen molar-refractivity contribution in [1.82, 2.24) is 14.9 Å². The number of aromatic nitrogens is 2. The largest absolute Gasteiger partial charge is 0.433 e. The fourth-order valence-corrected chi connectivity index (χ4v) is 2.45. The molecule has 1 aromatic heterocycles. The second kappa shape index (κ2) is 6.04. The predicted octanol–water partition coefficient (Wildman–Crippen LogP) is 2.01. The number of rotatable bonds is 3. The van der Waals surface area contributed by atoms with Crippen molar-refractivity contribution in [2.45, 2.75) is 6.18 Å². The van der Waals surface area contributed by atoms with Crippen LogP contribution in [0, 0.1) is 0 Å². The minimum Gasteiger partial charge on any atom is -0.338 e. The molecule has 0 aromatic carbocycles. The molecule has 2 rings (SSSR count). The van der Waals surface area contributed by atoms with Crippen molar-refractivity contribution >= 4 is 21.9 Å². The molecule has 0 aliphatic carbocycles. The zero-order valence-electron chi connectivity index (χ0n) is 10.2. The Morgan fingerprint density at radius 3 is 2.47 bits per heavy atom. The molecule has 1 fully saturated rings. The third kappa shape index (κ3) is 3.79. The molecule has 1 saturated heterocycles. The highest BCUT2D eigenvalue weighted by molar-refractivity contribution is 9.09. The molecule has 8 heteroatoms. The molecule has 0 amide bonds. The SMILES string of the molecule is FC(F)(F)c1ccnc(N2CCN(CCBr)CC2)n1. The Hall–Kier alpha value is -0.890. The van der Waals surface area contributed by atoms with Crippen LogP contribution in [-0.4, -0.2) is 52.9 Å². The Balaban J connectivity index is 2.03. The van der Waals surface area contributed by atoms with E-state index in [1.165, 1.54) is 0 Å². The number of piperazine rings is 1. The highest BCUT2D eigenvalue weighted by atomic mass is 79.9. The zero-order valence-corrected chi connectivity index (χ0v) is 11.8. The first-order valence-electron chi connectivity index (χ1n) is 5.94. The first-order chi connectivity index (χ1) is 9.00. The van der Waals surface area contributed by atoms with Crippen molar-refractivity contribution < 1.29 is 13.2 Å². The standard InChI is InChI=1S/C11H14BrF3N4/c12-2-4-18-5-7-19(8-6-18)10-16-3-1-9(17-10)11(13,14)15/h1,3H,2,4-8H2. The second-order valence-corrected chi connectivity index (χ2v) is 5.05. The summed E-state index contributed by atoms with van der Waals surface area (Å²) in [7, 11) is 0. The van der Waals surface area contributed by atoms with Gasteiger partial charge in [-0.05, 0) is 6.07 Å². The minimum absolute atomic E-state index is 0.160. The van der Waals surface area contributed by atoms with Gasteiger partial charge in [0.05, 0.1) is 0 Å². The Labute approximate surface area is 117 Å². The lowest BCUT2D eigenvalue weighted by Gasteiger charge is -2.34. The summed E-state index contributed by atoms with van der Waals surface area (Å²) in [5.41, 5.74) is -0.889. The van der Waals surface area contributed by atoms with E-state index in [4.69, 9.17) is 0 Å². The Bertz CT molecular complexity index is 419. The summed E-state index contributed by atoms with van der Waals surface area (Å²) in [6.07, 6.45) is -3.26. The van der Waals surface area contributed by atoms with Crippen molar-refractivity contribution in [2.24, 2.45) is 0 Å². The van der Waals surface area contributed by atoms with E-state index in [1.54, 1.807) is 4.90 Å². The molecule has 0 radical (unpaired) electrons. The molecule has 4 nitrogen and oxygen atoms in total. The van der Waals surface area contributed by atoms with E-state index in [1.807, 2.05) is 0 Å². The predicted molar refractivity (Wildman–Crippen MR) is 69.5 cm³/mol. The zero-order chi connectivity index (χ0) is 13.9. The van der Waals surface area contributed by atoms with Gasteiger partial charge in [-0.3, -0.25) is 4.90 Å². The topological polar surface area (TPSA) is 32.3 Å². The van der Waals surface area contributed by atoms with E-state index in [-0.39, 0.29) is 5.95 Å². The van der Waals surface area contributed by atoms with E-state index in [9.17, 15) is 13.2 Å². The molecule has 0 unspecified atom stereocenters. The van der Waals surface area contributed by atoms with E-state index in [0.29, 0.717) is 13.1 Å². The number of hydrogen-bond acceptors (Lipinski definition) is 4. The van der Waals surface area contributed by atoms with Crippen LogP contribution in [-0.2, 0) is 6.18 Å². The number of hydrogen-bond donors (Lipinski definition) is 0.